The first-order chi connectivity index (χ1) is 9.58. The van der Waals surface area contributed by atoms with Crippen LogP contribution < -0.4 is 5.32 Å². The zero-order chi connectivity index (χ0) is 14.5. The van der Waals surface area contributed by atoms with Gasteiger partial charge in [0, 0.05) is 5.69 Å². The number of rotatable bonds is 4. The van der Waals surface area contributed by atoms with Crippen LogP contribution in [0.3, 0.4) is 0 Å². The molecule has 2 aromatic carbocycles. The van der Waals surface area contributed by atoms with Crippen molar-refractivity contribution >= 4 is 27.5 Å². The smallest absolute Gasteiger partial charge is 0.242 e. The summed E-state index contributed by atoms with van der Waals surface area (Å²) in [5, 5.41) is 2.92. The lowest BCUT2D eigenvalue weighted by atomic mass is 10.0. The van der Waals surface area contributed by atoms with E-state index in [0.717, 1.165) is 11.3 Å². The summed E-state index contributed by atoms with van der Waals surface area (Å²) in [6, 6.07) is 17.6. The normalized spacial score (nSPS) is 12.2. The molecular weight excluding hydrogens is 314 g/mol. The molecule has 0 spiro atoms. The number of carbonyl (C=O) groups excluding carboxylic acids is 1. The molecule has 2 aromatic rings. The molecule has 0 heterocycles. The van der Waals surface area contributed by atoms with Crippen LogP contribution in [0.1, 0.15) is 35.7 Å². The average molecular weight is 332 g/mol. The first-order valence-electron chi connectivity index (χ1n) is 6.68. The number of carbonyl (C=O) groups is 1. The fourth-order valence-electron chi connectivity index (χ4n) is 1.93. The van der Waals surface area contributed by atoms with Gasteiger partial charge in [-0.1, -0.05) is 72.2 Å². The van der Waals surface area contributed by atoms with E-state index in [0.29, 0.717) is 5.92 Å². The molecule has 1 N–H and O–H groups in total. The van der Waals surface area contributed by atoms with Crippen LogP contribution in [0.5, 0.6) is 0 Å². The lowest BCUT2D eigenvalue weighted by molar-refractivity contribution is -0.115. The van der Waals surface area contributed by atoms with E-state index in [1.54, 1.807) is 0 Å². The number of alkyl halides is 1. The van der Waals surface area contributed by atoms with Crippen LogP contribution in [0.15, 0.2) is 54.6 Å². The molecule has 0 aliphatic rings. The molecule has 2 nitrogen and oxygen atoms in total. The van der Waals surface area contributed by atoms with Crippen LogP contribution >= 0.6 is 15.9 Å². The second-order valence-electron chi connectivity index (χ2n) is 5.04. The number of hydrogen-bond donors (Lipinski definition) is 1. The van der Waals surface area contributed by atoms with Crippen LogP contribution in [0.4, 0.5) is 5.69 Å². The largest absolute Gasteiger partial charge is 0.325 e. The van der Waals surface area contributed by atoms with Gasteiger partial charge < -0.3 is 5.32 Å². The summed E-state index contributed by atoms with van der Waals surface area (Å²) >= 11 is 3.43. The maximum atomic E-state index is 12.2. The molecule has 0 saturated carbocycles. The Bertz CT molecular complexity index is 563. The number of anilines is 1. The van der Waals surface area contributed by atoms with Crippen molar-refractivity contribution in [2.45, 2.75) is 24.6 Å². The van der Waals surface area contributed by atoms with E-state index in [1.165, 1.54) is 5.56 Å². The summed E-state index contributed by atoms with van der Waals surface area (Å²) in [4.78, 5) is 11.8. The molecule has 0 fully saturated rings. The van der Waals surface area contributed by atoms with Crippen LogP contribution in [-0.2, 0) is 4.79 Å². The molecule has 0 radical (unpaired) electrons. The number of halogens is 1. The number of benzene rings is 2. The summed E-state index contributed by atoms with van der Waals surface area (Å²) in [6.45, 7) is 4.30. The van der Waals surface area contributed by atoms with Crippen molar-refractivity contribution in [3.8, 4) is 0 Å². The Kier molecular flexibility index (Phi) is 4.96. The molecular formula is C17H18BrNO. The Morgan fingerprint density at radius 2 is 1.55 bits per heavy atom. The minimum Gasteiger partial charge on any atom is -0.325 e. The molecule has 2 rings (SSSR count). The van der Waals surface area contributed by atoms with E-state index in [1.807, 2.05) is 54.6 Å². The molecule has 0 aromatic heterocycles. The summed E-state index contributed by atoms with van der Waals surface area (Å²) in [5.74, 6) is 0.432. The molecule has 1 unspecified atom stereocenters. The molecule has 3 heteroatoms. The second kappa shape index (κ2) is 6.71. The van der Waals surface area contributed by atoms with Gasteiger partial charge in [0.15, 0.2) is 0 Å². The number of hydrogen-bond acceptors (Lipinski definition) is 1. The van der Waals surface area contributed by atoms with Gasteiger partial charge in [0.2, 0.25) is 5.91 Å². The average Bonchev–Trinajstić information content (AvgIpc) is 2.48. The van der Waals surface area contributed by atoms with Crippen LogP contribution in [-0.4, -0.2) is 5.91 Å². The van der Waals surface area contributed by atoms with Gasteiger partial charge in [-0.15, -0.1) is 0 Å². The number of amides is 1. The van der Waals surface area contributed by atoms with E-state index in [-0.39, 0.29) is 10.7 Å². The predicted octanol–water partition coefficient (Wildman–Crippen LogP) is 4.88. The minimum atomic E-state index is -0.339. The van der Waals surface area contributed by atoms with Crippen LogP contribution in [0.2, 0.25) is 0 Å². The molecule has 0 saturated heterocycles. The third-order valence-corrected chi connectivity index (χ3v) is 4.11. The van der Waals surface area contributed by atoms with Crippen molar-refractivity contribution in [2.24, 2.45) is 0 Å². The van der Waals surface area contributed by atoms with Crippen LogP contribution in [0.25, 0.3) is 0 Å². The molecule has 0 bridgehead atoms. The highest BCUT2D eigenvalue weighted by Gasteiger charge is 2.16. The third-order valence-electron chi connectivity index (χ3n) is 3.17. The molecule has 1 amide bonds. The molecule has 0 aliphatic carbocycles. The van der Waals surface area contributed by atoms with E-state index in [4.69, 9.17) is 0 Å². The highest BCUT2D eigenvalue weighted by Crippen LogP contribution is 2.24. The first-order valence-corrected chi connectivity index (χ1v) is 7.59. The number of nitrogens with one attached hydrogen (secondary N) is 1. The van der Waals surface area contributed by atoms with Crippen molar-refractivity contribution in [1.29, 1.82) is 0 Å². The van der Waals surface area contributed by atoms with E-state index < -0.39 is 0 Å². The van der Waals surface area contributed by atoms with Gasteiger partial charge in [-0.2, -0.15) is 0 Å². The Morgan fingerprint density at radius 3 is 2.10 bits per heavy atom. The minimum absolute atomic E-state index is 0.0616. The SMILES string of the molecule is CC(C)c1ccc(NC(=O)C(Br)c2ccccc2)cc1. The Morgan fingerprint density at radius 1 is 0.950 bits per heavy atom. The molecule has 20 heavy (non-hydrogen) atoms. The molecule has 0 aliphatic heterocycles. The quantitative estimate of drug-likeness (QED) is 0.794. The Labute approximate surface area is 128 Å². The third kappa shape index (κ3) is 3.70. The maximum absolute atomic E-state index is 12.2. The summed E-state index contributed by atoms with van der Waals surface area (Å²) < 4.78 is 0. The fraction of sp³-hybridized carbons (Fsp3) is 0.235. The van der Waals surface area contributed by atoms with Crippen LogP contribution in [0, 0.1) is 0 Å². The van der Waals surface area contributed by atoms with Crippen molar-refractivity contribution in [3.05, 3.63) is 65.7 Å². The fourth-order valence-corrected chi connectivity index (χ4v) is 2.35. The van der Waals surface area contributed by atoms with Crippen molar-refractivity contribution in [1.82, 2.24) is 0 Å². The molecule has 1 atom stereocenters. The highest BCUT2D eigenvalue weighted by molar-refractivity contribution is 9.09. The Hall–Kier alpha value is -1.61. The van der Waals surface area contributed by atoms with E-state index >= 15 is 0 Å². The summed E-state index contributed by atoms with van der Waals surface area (Å²) in [7, 11) is 0. The summed E-state index contributed by atoms with van der Waals surface area (Å²) in [6.07, 6.45) is 0. The zero-order valence-corrected chi connectivity index (χ0v) is 13.2. The van der Waals surface area contributed by atoms with Gasteiger partial charge in [0.05, 0.1) is 0 Å². The standard InChI is InChI=1S/C17H18BrNO/c1-12(2)13-8-10-15(11-9-13)19-17(20)16(18)14-6-4-3-5-7-14/h3-12,16H,1-2H3,(H,19,20). The van der Waals surface area contributed by atoms with Gasteiger partial charge >= 0.3 is 0 Å². The van der Waals surface area contributed by atoms with Crippen molar-refractivity contribution < 1.29 is 4.79 Å². The van der Waals surface area contributed by atoms with Gasteiger partial charge in [-0.3, -0.25) is 4.79 Å². The monoisotopic (exact) mass is 331 g/mol. The van der Waals surface area contributed by atoms with Crippen molar-refractivity contribution in [2.75, 3.05) is 5.32 Å². The molecule has 104 valence electrons. The lowest BCUT2D eigenvalue weighted by Gasteiger charge is -2.12. The Balaban J connectivity index is 2.04. The van der Waals surface area contributed by atoms with E-state index in [9.17, 15) is 4.79 Å². The van der Waals surface area contributed by atoms with Gasteiger partial charge in [-0.05, 0) is 29.2 Å². The predicted molar refractivity (Wildman–Crippen MR) is 87.3 cm³/mol. The van der Waals surface area contributed by atoms with Gasteiger partial charge in [0.1, 0.15) is 4.83 Å². The maximum Gasteiger partial charge on any atom is 0.242 e. The highest BCUT2D eigenvalue weighted by atomic mass is 79.9. The summed E-state index contributed by atoms with van der Waals surface area (Å²) in [5.41, 5.74) is 3.03. The van der Waals surface area contributed by atoms with Gasteiger partial charge in [-0.25, -0.2) is 0 Å². The first kappa shape index (κ1) is 14.8. The van der Waals surface area contributed by atoms with Gasteiger partial charge in [0.25, 0.3) is 0 Å². The topological polar surface area (TPSA) is 29.1 Å². The lowest BCUT2D eigenvalue weighted by Crippen LogP contribution is -2.16. The van der Waals surface area contributed by atoms with Crippen molar-refractivity contribution in [3.63, 3.8) is 0 Å². The second-order valence-corrected chi connectivity index (χ2v) is 5.95. The van der Waals surface area contributed by atoms with E-state index in [2.05, 4.69) is 35.1 Å². The zero-order valence-electron chi connectivity index (χ0n) is 11.6.